The molecule has 1 aromatic rings. The van der Waals surface area contributed by atoms with Gasteiger partial charge in [-0.25, -0.2) is 13.4 Å². The van der Waals surface area contributed by atoms with Crippen LogP contribution in [0.2, 0.25) is 0 Å². The lowest BCUT2D eigenvalue weighted by Crippen LogP contribution is -2.49. The number of nitrogens with zero attached hydrogens (tertiary/aromatic N) is 2. The number of hydrogen-bond acceptors (Lipinski definition) is 4. The number of sulfonamides is 1. The molecule has 8 heteroatoms. The quantitative estimate of drug-likeness (QED) is 0.822. The van der Waals surface area contributed by atoms with Crippen LogP contribution in [0.15, 0.2) is 11.2 Å². The number of nitrogens with one attached hydrogen (secondary N) is 1. The molecule has 1 atom stereocenters. The van der Waals surface area contributed by atoms with Gasteiger partial charge >= 0.3 is 0 Å². The fourth-order valence-electron chi connectivity index (χ4n) is 1.73. The fraction of sp³-hybridized carbons (Fsp3) is 0.667. The van der Waals surface area contributed by atoms with Crippen molar-refractivity contribution in [3.8, 4) is 0 Å². The third kappa shape index (κ3) is 2.54. The smallest absolute Gasteiger partial charge is 0.260 e. The van der Waals surface area contributed by atoms with Crippen molar-refractivity contribution in [2.24, 2.45) is 0 Å². The van der Waals surface area contributed by atoms with Gasteiger partial charge in [0.25, 0.3) is 10.0 Å². The Balaban J connectivity index is 2.30. The zero-order chi connectivity index (χ0) is 12.5. The highest BCUT2D eigenvalue weighted by atomic mass is 79.9. The SMILES string of the molecule is Cc1ncc(S(=O)(=O)N2CCOCC2CBr)[nH]1. The predicted octanol–water partition coefficient (Wildman–Crippen LogP) is 0.503. The lowest BCUT2D eigenvalue weighted by atomic mass is 10.3. The first kappa shape index (κ1) is 13.0. The average molecular weight is 324 g/mol. The van der Waals surface area contributed by atoms with Gasteiger partial charge in [0.1, 0.15) is 5.82 Å². The summed E-state index contributed by atoms with van der Waals surface area (Å²) in [5.74, 6) is 0.590. The average Bonchev–Trinajstić information content (AvgIpc) is 2.76. The second kappa shape index (κ2) is 5.05. The van der Waals surface area contributed by atoms with Gasteiger partial charge in [-0.2, -0.15) is 4.31 Å². The molecule has 1 fully saturated rings. The van der Waals surface area contributed by atoms with E-state index in [1.807, 2.05) is 0 Å². The summed E-state index contributed by atoms with van der Waals surface area (Å²) in [6.07, 6.45) is 1.35. The molecule has 17 heavy (non-hydrogen) atoms. The number of aryl methyl sites for hydroxylation is 1. The van der Waals surface area contributed by atoms with Gasteiger partial charge in [0.05, 0.1) is 25.5 Å². The van der Waals surface area contributed by atoms with E-state index in [0.29, 0.717) is 30.9 Å². The van der Waals surface area contributed by atoms with Gasteiger partial charge < -0.3 is 9.72 Å². The number of halogens is 1. The Labute approximate surface area is 109 Å². The summed E-state index contributed by atoms with van der Waals surface area (Å²) in [4.78, 5) is 6.69. The molecule has 1 N–H and O–H groups in total. The number of hydrogen-bond donors (Lipinski definition) is 1. The topological polar surface area (TPSA) is 75.3 Å². The summed E-state index contributed by atoms with van der Waals surface area (Å²) in [6, 6.07) is -0.169. The first-order chi connectivity index (χ1) is 8.05. The minimum absolute atomic E-state index is 0.142. The Hall–Kier alpha value is -0.440. The number of H-pyrrole nitrogens is 1. The lowest BCUT2D eigenvalue weighted by molar-refractivity contribution is 0.0412. The molecule has 6 nitrogen and oxygen atoms in total. The van der Waals surface area contributed by atoms with Crippen molar-refractivity contribution in [1.82, 2.24) is 14.3 Å². The summed E-state index contributed by atoms with van der Waals surface area (Å²) in [5, 5.41) is 0.696. The van der Waals surface area contributed by atoms with Crippen LogP contribution in [0.5, 0.6) is 0 Å². The van der Waals surface area contributed by atoms with Crippen molar-refractivity contribution in [1.29, 1.82) is 0 Å². The number of rotatable bonds is 3. The summed E-state index contributed by atoms with van der Waals surface area (Å²) >= 11 is 3.31. The monoisotopic (exact) mass is 323 g/mol. The second-order valence-corrected chi connectivity index (χ2v) is 6.34. The lowest BCUT2D eigenvalue weighted by Gasteiger charge is -2.32. The Morgan fingerprint density at radius 2 is 2.47 bits per heavy atom. The second-order valence-electron chi connectivity index (χ2n) is 3.83. The van der Waals surface area contributed by atoms with Crippen molar-refractivity contribution in [2.75, 3.05) is 25.1 Å². The highest BCUT2D eigenvalue weighted by Gasteiger charge is 2.34. The van der Waals surface area contributed by atoms with Gasteiger partial charge in [-0.05, 0) is 6.92 Å². The molecule has 2 heterocycles. The Kier molecular flexibility index (Phi) is 3.86. The van der Waals surface area contributed by atoms with E-state index in [-0.39, 0.29) is 11.1 Å². The van der Waals surface area contributed by atoms with E-state index in [9.17, 15) is 8.42 Å². The molecule has 0 aromatic carbocycles. The van der Waals surface area contributed by atoms with Crippen molar-refractivity contribution in [3.63, 3.8) is 0 Å². The molecular weight excluding hydrogens is 310 g/mol. The van der Waals surface area contributed by atoms with E-state index >= 15 is 0 Å². The summed E-state index contributed by atoms with van der Waals surface area (Å²) in [7, 11) is -3.50. The molecular formula is C9H14BrN3O3S. The van der Waals surface area contributed by atoms with E-state index in [1.54, 1.807) is 6.92 Å². The zero-order valence-corrected chi connectivity index (χ0v) is 11.8. The third-order valence-corrected chi connectivity index (χ3v) is 5.23. The first-order valence-electron chi connectivity index (χ1n) is 5.23. The molecule has 1 aromatic heterocycles. The fourth-order valence-corrected chi connectivity index (χ4v) is 4.02. The van der Waals surface area contributed by atoms with Crippen LogP contribution in [0.25, 0.3) is 0 Å². The molecule has 2 rings (SSSR count). The molecule has 0 spiro atoms. The Morgan fingerprint density at radius 3 is 3.06 bits per heavy atom. The molecule has 0 bridgehead atoms. The third-order valence-electron chi connectivity index (χ3n) is 2.62. The van der Waals surface area contributed by atoms with Crippen LogP contribution < -0.4 is 0 Å². The number of aromatic nitrogens is 2. The van der Waals surface area contributed by atoms with Crippen LogP contribution in [-0.2, 0) is 14.8 Å². The first-order valence-corrected chi connectivity index (χ1v) is 7.79. The van der Waals surface area contributed by atoms with E-state index in [4.69, 9.17) is 4.74 Å². The largest absolute Gasteiger partial charge is 0.378 e. The minimum atomic E-state index is -3.50. The van der Waals surface area contributed by atoms with Gasteiger partial charge in [-0.3, -0.25) is 0 Å². The van der Waals surface area contributed by atoms with E-state index in [0.717, 1.165) is 0 Å². The Morgan fingerprint density at radius 1 is 1.71 bits per heavy atom. The number of imidazole rings is 1. The van der Waals surface area contributed by atoms with E-state index in [1.165, 1.54) is 10.5 Å². The normalized spacial score (nSPS) is 22.8. The van der Waals surface area contributed by atoms with Crippen LogP contribution in [0, 0.1) is 6.92 Å². The highest BCUT2D eigenvalue weighted by Crippen LogP contribution is 2.20. The maximum absolute atomic E-state index is 12.3. The molecule has 1 aliphatic rings. The van der Waals surface area contributed by atoms with E-state index in [2.05, 4.69) is 25.9 Å². The molecule has 0 amide bonds. The number of aromatic amines is 1. The molecule has 0 aliphatic carbocycles. The highest BCUT2D eigenvalue weighted by molar-refractivity contribution is 9.09. The van der Waals surface area contributed by atoms with Crippen LogP contribution in [-0.4, -0.2) is 53.8 Å². The van der Waals surface area contributed by atoms with Crippen molar-refractivity contribution >= 4 is 26.0 Å². The molecule has 0 saturated carbocycles. The number of morpholine rings is 1. The molecule has 0 radical (unpaired) electrons. The van der Waals surface area contributed by atoms with Crippen LogP contribution in [0.4, 0.5) is 0 Å². The Bertz CT molecular complexity index is 487. The number of alkyl halides is 1. The van der Waals surface area contributed by atoms with Crippen molar-refractivity contribution < 1.29 is 13.2 Å². The van der Waals surface area contributed by atoms with Gasteiger partial charge in [0.15, 0.2) is 5.03 Å². The summed E-state index contributed by atoms with van der Waals surface area (Å²) in [5.41, 5.74) is 0. The maximum Gasteiger partial charge on any atom is 0.260 e. The predicted molar refractivity (Wildman–Crippen MR) is 65.6 cm³/mol. The molecule has 1 unspecified atom stereocenters. The minimum Gasteiger partial charge on any atom is -0.378 e. The standard InChI is InChI=1S/C9H14BrN3O3S/c1-7-11-5-9(12-7)17(14,15)13-2-3-16-6-8(13)4-10/h5,8H,2-4,6H2,1H3,(H,11,12). The van der Waals surface area contributed by atoms with Gasteiger partial charge in [0, 0.05) is 11.9 Å². The summed E-state index contributed by atoms with van der Waals surface area (Å²) < 4.78 is 31.4. The van der Waals surface area contributed by atoms with Crippen LogP contribution in [0.1, 0.15) is 5.82 Å². The maximum atomic E-state index is 12.3. The van der Waals surface area contributed by atoms with Crippen molar-refractivity contribution in [3.05, 3.63) is 12.0 Å². The van der Waals surface area contributed by atoms with Gasteiger partial charge in [0.2, 0.25) is 0 Å². The van der Waals surface area contributed by atoms with Gasteiger partial charge in [-0.1, -0.05) is 15.9 Å². The number of ether oxygens (including phenoxy) is 1. The zero-order valence-electron chi connectivity index (χ0n) is 9.39. The van der Waals surface area contributed by atoms with E-state index < -0.39 is 10.0 Å². The molecule has 96 valence electrons. The molecule has 1 saturated heterocycles. The summed E-state index contributed by atoms with van der Waals surface area (Å²) in [6.45, 7) is 2.93. The molecule has 1 aliphatic heterocycles. The van der Waals surface area contributed by atoms with Gasteiger partial charge in [-0.15, -0.1) is 0 Å². The van der Waals surface area contributed by atoms with Crippen LogP contribution in [0.3, 0.4) is 0 Å². The van der Waals surface area contributed by atoms with Crippen molar-refractivity contribution in [2.45, 2.75) is 18.0 Å². The van der Waals surface area contributed by atoms with Crippen LogP contribution >= 0.6 is 15.9 Å².